The molecule has 0 saturated heterocycles. The Kier molecular flexibility index (Phi) is 13.2. The molecule has 5 aromatic rings. The molecule has 5 rings (SSSR count). The molecule has 0 fully saturated rings. The van der Waals surface area contributed by atoms with E-state index in [1.54, 1.807) is 0 Å². The number of hydrogen-bond acceptors (Lipinski definition) is 7. The van der Waals surface area contributed by atoms with E-state index < -0.39 is 6.04 Å². The molecule has 0 spiro atoms. The van der Waals surface area contributed by atoms with Crippen LogP contribution in [0.4, 0.5) is 0 Å². The van der Waals surface area contributed by atoms with Crippen molar-refractivity contribution in [2.75, 3.05) is 6.61 Å². The fourth-order valence-electron chi connectivity index (χ4n) is 5.26. The van der Waals surface area contributed by atoms with Gasteiger partial charge in [-0.3, -0.25) is 14.3 Å². The summed E-state index contributed by atoms with van der Waals surface area (Å²) < 4.78 is 8.83. The summed E-state index contributed by atoms with van der Waals surface area (Å²) in [5.74, 6) is 0.945. The normalized spacial score (nSPS) is 11.9. The van der Waals surface area contributed by atoms with Crippen molar-refractivity contribution in [1.29, 1.82) is 0 Å². The van der Waals surface area contributed by atoms with E-state index in [-0.39, 0.29) is 17.2 Å². The van der Waals surface area contributed by atoms with Crippen LogP contribution in [-0.2, 0) is 16.6 Å². The molecular formula is C41H46N4O3S2. The zero-order chi connectivity index (χ0) is 35.3. The van der Waals surface area contributed by atoms with Crippen LogP contribution in [0.15, 0.2) is 108 Å². The Morgan fingerprint density at radius 3 is 2.14 bits per heavy atom. The predicted octanol–water partition coefficient (Wildman–Crippen LogP) is 9.68. The predicted molar refractivity (Wildman–Crippen MR) is 206 cm³/mol. The van der Waals surface area contributed by atoms with E-state index in [9.17, 15) is 9.59 Å². The van der Waals surface area contributed by atoms with Crippen LogP contribution >= 0.6 is 23.3 Å². The first-order valence-corrected chi connectivity index (χ1v) is 18.9. The zero-order valence-corrected chi connectivity index (χ0v) is 30.9. The third-order valence-corrected chi connectivity index (χ3v) is 10.5. The molecule has 1 atom stereocenters. The van der Waals surface area contributed by atoms with Crippen molar-refractivity contribution in [2.45, 2.75) is 82.6 Å². The van der Waals surface area contributed by atoms with Crippen LogP contribution in [0.2, 0.25) is 0 Å². The maximum atomic E-state index is 13.4. The molecule has 260 valence electrons. The summed E-state index contributed by atoms with van der Waals surface area (Å²) in [6.07, 6.45) is 10.1. The smallest absolute Gasteiger partial charge is 0.262 e. The summed E-state index contributed by atoms with van der Waals surface area (Å²) in [5.41, 5.74) is 3.65. The molecule has 50 heavy (non-hydrogen) atoms. The Balaban J connectivity index is 1.21. The first kappa shape index (κ1) is 36.8. The molecular weight excluding hydrogens is 661 g/mol. The van der Waals surface area contributed by atoms with Gasteiger partial charge in [0, 0.05) is 39.7 Å². The van der Waals surface area contributed by atoms with Crippen LogP contribution in [0, 0.1) is 0 Å². The van der Waals surface area contributed by atoms with Crippen molar-refractivity contribution in [3.63, 3.8) is 0 Å². The number of carbonyl (C=O) groups is 2. The van der Waals surface area contributed by atoms with Gasteiger partial charge in [-0.05, 0) is 71.3 Å². The molecule has 0 bridgehead atoms. The minimum atomic E-state index is -0.775. The van der Waals surface area contributed by atoms with E-state index >= 15 is 0 Å². The molecule has 1 unspecified atom stereocenters. The number of ether oxygens (including phenoxy) is 1. The lowest BCUT2D eigenvalue weighted by molar-refractivity contribution is -0.121. The van der Waals surface area contributed by atoms with Crippen LogP contribution in [0.3, 0.4) is 0 Å². The number of amides is 2. The Morgan fingerprint density at radius 2 is 1.48 bits per heavy atom. The summed E-state index contributed by atoms with van der Waals surface area (Å²) in [6, 6.07) is 28.5. The van der Waals surface area contributed by atoms with E-state index in [1.807, 2.05) is 103 Å². The average molecular weight is 707 g/mol. The maximum absolute atomic E-state index is 13.4. The highest BCUT2D eigenvalue weighted by atomic mass is 32.2. The van der Waals surface area contributed by atoms with Crippen molar-refractivity contribution in [2.24, 2.45) is 0 Å². The fourth-order valence-corrected chi connectivity index (χ4v) is 6.88. The van der Waals surface area contributed by atoms with E-state index in [2.05, 4.69) is 47.7 Å². The van der Waals surface area contributed by atoms with E-state index in [4.69, 9.17) is 4.74 Å². The summed E-state index contributed by atoms with van der Waals surface area (Å²) in [4.78, 5) is 38.6. The summed E-state index contributed by atoms with van der Waals surface area (Å²) >= 11 is 2.69. The Morgan fingerprint density at radius 1 is 0.800 bits per heavy atom. The summed E-state index contributed by atoms with van der Waals surface area (Å²) in [7, 11) is 0. The van der Waals surface area contributed by atoms with Gasteiger partial charge in [0.2, 0.25) is 0 Å². The van der Waals surface area contributed by atoms with Crippen LogP contribution in [0.5, 0.6) is 5.75 Å². The van der Waals surface area contributed by atoms with Gasteiger partial charge < -0.3 is 10.1 Å². The molecule has 0 saturated carbocycles. The Hall–Kier alpha value is -4.47. The zero-order valence-electron chi connectivity index (χ0n) is 29.3. The lowest BCUT2D eigenvalue weighted by Gasteiger charge is -2.18. The number of nitrogens with one attached hydrogen (secondary N) is 2. The first-order valence-electron chi connectivity index (χ1n) is 17.3. The van der Waals surface area contributed by atoms with Gasteiger partial charge in [0.25, 0.3) is 11.8 Å². The molecule has 7 nitrogen and oxygen atoms in total. The summed E-state index contributed by atoms with van der Waals surface area (Å²) in [6.45, 7) is 9.31. The molecule has 9 heteroatoms. The van der Waals surface area contributed by atoms with Crippen LogP contribution in [0.25, 0.3) is 22.5 Å². The van der Waals surface area contributed by atoms with Crippen molar-refractivity contribution < 1.29 is 14.3 Å². The first-order chi connectivity index (χ1) is 24.2. The highest BCUT2D eigenvalue weighted by Gasteiger charge is 2.25. The number of benzene rings is 3. The van der Waals surface area contributed by atoms with Crippen molar-refractivity contribution in [3.05, 3.63) is 119 Å². The van der Waals surface area contributed by atoms with Crippen molar-refractivity contribution >= 4 is 35.1 Å². The van der Waals surface area contributed by atoms with E-state index in [1.165, 1.54) is 49.0 Å². The van der Waals surface area contributed by atoms with Crippen LogP contribution < -0.4 is 14.8 Å². The van der Waals surface area contributed by atoms with Crippen LogP contribution in [-0.4, -0.2) is 34.4 Å². The minimum absolute atomic E-state index is 0.0637. The van der Waals surface area contributed by atoms with Gasteiger partial charge in [-0.25, -0.2) is 9.97 Å². The van der Waals surface area contributed by atoms with Crippen molar-refractivity contribution in [1.82, 2.24) is 20.0 Å². The number of carbonyl (C=O) groups excluding carboxylic acids is 2. The van der Waals surface area contributed by atoms with Gasteiger partial charge in [-0.15, -0.1) is 11.3 Å². The molecule has 2 aromatic heterocycles. The van der Waals surface area contributed by atoms with Gasteiger partial charge in [0.1, 0.15) is 11.8 Å². The second-order valence-corrected chi connectivity index (χ2v) is 15.3. The molecule has 0 aliphatic heterocycles. The van der Waals surface area contributed by atoms with Gasteiger partial charge in [0.15, 0.2) is 5.82 Å². The highest BCUT2D eigenvalue weighted by molar-refractivity contribution is 7.98. The summed E-state index contributed by atoms with van der Waals surface area (Å²) in [5, 5.41) is 2.99. The maximum Gasteiger partial charge on any atom is 0.262 e. The van der Waals surface area contributed by atoms with Gasteiger partial charge in [-0.2, -0.15) is 0 Å². The number of aromatic nitrogens is 2. The molecule has 0 aliphatic carbocycles. The molecule has 0 aliphatic rings. The number of thiophene rings is 1. The topological polar surface area (TPSA) is 93.2 Å². The Labute approximate surface area is 304 Å². The fraction of sp³-hybridized carbons (Fsp3) is 0.317. The third-order valence-electron chi connectivity index (χ3n) is 8.21. The monoisotopic (exact) mass is 706 g/mol. The second kappa shape index (κ2) is 18.0. The lowest BCUT2D eigenvalue weighted by Crippen LogP contribution is -2.46. The van der Waals surface area contributed by atoms with Gasteiger partial charge >= 0.3 is 0 Å². The standard InChI is InChI=1S/C41H46N4O3S2/c1-5-6-7-8-12-25-48-33-21-19-30(20-22-33)32-27-42-38(43-28-32)31-17-15-29(16-18-31)26-35(39(46)45-50-34-13-10-9-11-14-34)44-40(47)36-23-24-37(49-36)41(2,3)4/h9-11,13-24,27-28,35H,5-8,12,25-26H2,1-4H3,(H,44,47)(H,45,46). The lowest BCUT2D eigenvalue weighted by atomic mass is 9.95. The van der Waals surface area contributed by atoms with E-state index in [0.717, 1.165) is 50.8 Å². The highest BCUT2D eigenvalue weighted by Crippen LogP contribution is 2.30. The number of rotatable bonds is 16. The van der Waals surface area contributed by atoms with Crippen molar-refractivity contribution in [3.8, 4) is 28.3 Å². The molecule has 2 amide bonds. The molecule has 3 aromatic carbocycles. The molecule has 2 heterocycles. The van der Waals surface area contributed by atoms with E-state index in [0.29, 0.717) is 17.1 Å². The largest absolute Gasteiger partial charge is 0.494 e. The van der Waals surface area contributed by atoms with Crippen LogP contribution in [0.1, 0.15) is 79.9 Å². The third kappa shape index (κ3) is 10.8. The minimum Gasteiger partial charge on any atom is -0.494 e. The number of unbranched alkanes of at least 4 members (excludes halogenated alkanes) is 4. The van der Waals surface area contributed by atoms with Gasteiger partial charge in [0.05, 0.1) is 11.5 Å². The second-order valence-electron chi connectivity index (χ2n) is 13.3. The number of nitrogens with zero attached hydrogens (tertiary/aromatic N) is 2. The molecule has 0 radical (unpaired) electrons. The van der Waals surface area contributed by atoms with Gasteiger partial charge in [-0.1, -0.05) is 108 Å². The SMILES string of the molecule is CCCCCCCOc1ccc(-c2cnc(-c3ccc(CC(NC(=O)c4ccc(C(C)(C)C)s4)C(=O)NSc4ccccc4)cc3)nc2)cc1. The molecule has 2 N–H and O–H groups in total. The Bertz CT molecular complexity index is 1800. The average Bonchev–Trinajstić information content (AvgIpc) is 3.65. The number of hydrogen-bond donors (Lipinski definition) is 2. The quantitative estimate of drug-likeness (QED) is 0.0784.